The van der Waals surface area contributed by atoms with Gasteiger partial charge in [0.15, 0.2) is 0 Å². The van der Waals surface area contributed by atoms with Gasteiger partial charge >= 0.3 is 0 Å². The van der Waals surface area contributed by atoms with Crippen LogP contribution in [0.25, 0.3) is 0 Å². The lowest BCUT2D eigenvalue weighted by molar-refractivity contribution is -0.704. The van der Waals surface area contributed by atoms with Crippen LogP contribution in [0.5, 0.6) is 0 Å². The van der Waals surface area contributed by atoms with Crippen molar-refractivity contribution >= 4 is 0 Å². The van der Waals surface area contributed by atoms with E-state index in [1.807, 2.05) is 0 Å². The highest BCUT2D eigenvalue weighted by Gasteiger charge is 2.16. The summed E-state index contributed by atoms with van der Waals surface area (Å²) in [5.74, 6) is 1.58. The molecule has 216 valence electrons. The highest BCUT2D eigenvalue weighted by Crippen LogP contribution is 2.14. The van der Waals surface area contributed by atoms with Crippen LogP contribution in [0.1, 0.15) is 160 Å². The maximum Gasteiger partial charge on any atom is 0.256 e. The van der Waals surface area contributed by atoms with E-state index >= 15 is 0 Å². The van der Waals surface area contributed by atoms with Crippen molar-refractivity contribution in [3.05, 3.63) is 54.1 Å². The SMILES string of the molecule is CCCCCCCCCCCCc1n(CCCCCCCCCCCC)cc[n+]1CCCc1ccccc1. The second-order valence-corrected chi connectivity index (χ2v) is 11.8. The molecule has 0 bridgehead atoms. The monoisotopic (exact) mass is 523 g/mol. The molecule has 0 aliphatic rings. The first-order valence-corrected chi connectivity index (χ1v) is 17.0. The molecular weight excluding hydrogens is 460 g/mol. The summed E-state index contributed by atoms with van der Waals surface area (Å²) in [5.41, 5.74) is 1.47. The number of rotatable bonds is 26. The van der Waals surface area contributed by atoms with Crippen molar-refractivity contribution in [1.29, 1.82) is 0 Å². The van der Waals surface area contributed by atoms with E-state index in [2.05, 4.69) is 65.7 Å². The van der Waals surface area contributed by atoms with E-state index in [-0.39, 0.29) is 0 Å². The first-order valence-electron chi connectivity index (χ1n) is 17.0. The second kappa shape index (κ2) is 23.3. The van der Waals surface area contributed by atoms with Gasteiger partial charge in [0.1, 0.15) is 12.4 Å². The van der Waals surface area contributed by atoms with Crippen LogP contribution in [0, 0.1) is 0 Å². The lowest BCUT2D eigenvalue weighted by Gasteiger charge is -2.07. The molecule has 0 saturated carbocycles. The molecule has 38 heavy (non-hydrogen) atoms. The molecule has 0 radical (unpaired) electrons. The van der Waals surface area contributed by atoms with Gasteiger partial charge in [-0.25, -0.2) is 9.13 Å². The topological polar surface area (TPSA) is 8.81 Å². The molecule has 1 aromatic carbocycles. The molecule has 0 aliphatic heterocycles. The Bertz CT molecular complexity index is 763. The van der Waals surface area contributed by atoms with E-state index in [9.17, 15) is 0 Å². The fraction of sp³-hybridized carbons (Fsp3) is 0.750. The smallest absolute Gasteiger partial charge is 0.234 e. The first kappa shape index (κ1) is 32.6. The summed E-state index contributed by atoms with van der Waals surface area (Å²) in [4.78, 5) is 0. The largest absolute Gasteiger partial charge is 0.256 e. The summed E-state index contributed by atoms with van der Waals surface area (Å²) < 4.78 is 5.17. The highest BCUT2D eigenvalue weighted by atomic mass is 15.1. The predicted molar refractivity (Wildman–Crippen MR) is 167 cm³/mol. The van der Waals surface area contributed by atoms with Crippen molar-refractivity contribution in [3.63, 3.8) is 0 Å². The van der Waals surface area contributed by atoms with Gasteiger partial charge in [0.25, 0.3) is 5.82 Å². The Morgan fingerprint density at radius 3 is 1.58 bits per heavy atom. The third-order valence-corrected chi connectivity index (χ3v) is 8.30. The molecule has 0 spiro atoms. The Morgan fingerprint density at radius 2 is 1.03 bits per heavy atom. The molecule has 0 fully saturated rings. The van der Waals surface area contributed by atoms with E-state index in [1.54, 1.807) is 5.82 Å². The molecule has 2 nitrogen and oxygen atoms in total. The van der Waals surface area contributed by atoms with Crippen LogP contribution in [0.3, 0.4) is 0 Å². The normalized spacial score (nSPS) is 11.4. The summed E-state index contributed by atoms with van der Waals surface area (Å²) in [6.07, 6.45) is 36.7. The average Bonchev–Trinajstić information content (AvgIpc) is 3.32. The number of hydrogen-bond donors (Lipinski definition) is 0. The molecule has 0 aliphatic carbocycles. The number of nitrogens with zero attached hydrogens (tertiary/aromatic N) is 2. The van der Waals surface area contributed by atoms with E-state index in [1.165, 1.54) is 160 Å². The number of unbranched alkanes of at least 4 members (excludes halogenated alkanes) is 18. The van der Waals surface area contributed by atoms with Gasteiger partial charge in [0, 0.05) is 6.42 Å². The minimum Gasteiger partial charge on any atom is -0.234 e. The van der Waals surface area contributed by atoms with E-state index < -0.39 is 0 Å². The number of benzene rings is 1. The predicted octanol–water partition coefficient (Wildman–Crippen LogP) is 10.8. The molecule has 0 saturated heterocycles. The van der Waals surface area contributed by atoms with Crippen LogP contribution in [0.15, 0.2) is 42.7 Å². The Morgan fingerprint density at radius 1 is 0.526 bits per heavy atom. The van der Waals surface area contributed by atoms with Crippen LogP contribution >= 0.6 is 0 Å². The molecule has 1 aromatic heterocycles. The number of aromatic nitrogens is 2. The molecule has 2 aromatic rings. The Labute approximate surface area is 237 Å². The van der Waals surface area contributed by atoms with Gasteiger partial charge in [-0.2, -0.15) is 0 Å². The average molecular weight is 524 g/mol. The van der Waals surface area contributed by atoms with Gasteiger partial charge in [-0.1, -0.05) is 153 Å². The molecule has 0 N–H and O–H groups in total. The van der Waals surface area contributed by atoms with Gasteiger partial charge in [-0.05, 0) is 37.7 Å². The van der Waals surface area contributed by atoms with Crippen molar-refractivity contribution in [1.82, 2.24) is 4.57 Å². The zero-order valence-electron chi connectivity index (χ0n) is 25.6. The van der Waals surface area contributed by atoms with E-state index in [0.717, 1.165) is 6.54 Å². The third-order valence-electron chi connectivity index (χ3n) is 8.30. The maximum absolute atomic E-state index is 2.60. The van der Waals surface area contributed by atoms with Gasteiger partial charge < -0.3 is 0 Å². The lowest BCUT2D eigenvalue weighted by Crippen LogP contribution is -2.37. The Hall–Kier alpha value is -1.57. The molecule has 2 heteroatoms. The summed E-state index contributed by atoms with van der Waals surface area (Å²) in [6, 6.07) is 11.0. The Balaban J connectivity index is 1.70. The van der Waals surface area contributed by atoms with E-state index in [4.69, 9.17) is 0 Å². The summed E-state index contributed by atoms with van der Waals surface area (Å²) in [7, 11) is 0. The molecule has 1 heterocycles. The van der Waals surface area contributed by atoms with E-state index in [0.29, 0.717) is 0 Å². The zero-order valence-corrected chi connectivity index (χ0v) is 25.6. The van der Waals surface area contributed by atoms with Crippen LogP contribution in [-0.2, 0) is 25.9 Å². The van der Waals surface area contributed by atoms with Gasteiger partial charge in [0.05, 0.1) is 13.1 Å². The zero-order chi connectivity index (χ0) is 26.9. The summed E-state index contributed by atoms with van der Waals surface area (Å²) in [5, 5.41) is 0. The van der Waals surface area contributed by atoms with Crippen molar-refractivity contribution in [3.8, 4) is 0 Å². The maximum atomic E-state index is 2.60. The van der Waals surface area contributed by atoms with Gasteiger partial charge in [-0.15, -0.1) is 0 Å². The fourth-order valence-corrected chi connectivity index (χ4v) is 5.83. The molecule has 0 unspecified atom stereocenters. The van der Waals surface area contributed by atoms with Crippen molar-refractivity contribution in [2.45, 2.75) is 175 Å². The van der Waals surface area contributed by atoms with Crippen molar-refractivity contribution < 1.29 is 4.57 Å². The minimum absolute atomic E-state index is 1.15. The molecule has 0 amide bonds. The highest BCUT2D eigenvalue weighted by molar-refractivity contribution is 5.14. The summed E-state index contributed by atoms with van der Waals surface area (Å²) >= 11 is 0. The summed E-state index contributed by atoms with van der Waals surface area (Å²) in [6.45, 7) is 6.96. The number of hydrogen-bond acceptors (Lipinski definition) is 0. The van der Waals surface area contributed by atoms with Crippen molar-refractivity contribution in [2.75, 3.05) is 0 Å². The van der Waals surface area contributed by atoms with Crippen LogP contribution < -0.4 is 4.57 Å². The van der Waals surface area contributed by atoms with Crippen LogP contribution in [0.2, 0.25) is 0 Å². The number of aryl methyl sites for hydroxylation is 3. The fourth-order valence-electron chi connectivity index (χ4n) is 5.83. The van der Waals surface area contributed by atoms with Crippen LogP contribution in [0.4, 0.5) is 0 Å². The quantitative estimate of drug-likeness (QED) is 0.0856. The lowest BCUT2D eigenvalue weighted by atomic mass is 10.1. The van der Waals surface area contributed by atoms with Crippen LogP contribution in [-0.4, -0.2) is 4.57 Å². The number of imidazole rings is 1. The van der Waals surface area contributed by atoms with Crippen molar-refractivity contribution in [2.24, 2.45) is 0 Å². The third kappa shape index (κ3) is 15.7. The van der Waals surface area contributed by atoms with Gasteiger partial charge in [0.2, 0.25) is 0 Å². The molecular formula is C36H63N2+. The molecule has 0 atom stereocenters. The standard InChI is InChI=1S/C36H63N2/c1-3-5-7-9-11-13-15-17-19-24-30-36-37(31-25-20-18-16-14-12-10-8-6-4-2)33-34-38(36)32-26-29-35-27-22-21-23-28-35/h21-23,27-28,33-34H,3-20,24-26,29-32H2,1-2H3/q+1. The second-order valence-electron chi connectivity index (χ2n) is 11.8. The Kier molecular flexibility index (Phi) is 20.0. The minimum atomic E-state index is 1.15. The van der Waals surface area contributed by atoms with Gasteiger partial charge in [-0.3, -0.25) is 0 Å². The first-order chi connectivity index (χ1) is 18.8. The molecule has 2 rings (SSSR count).